The van der Waals surface area contributed by atoms with Crippen LogP contribution in [0.3, 0.4) is 0 Å². The number of hydrogen-bond donors (Lipinski definition) is 1. The van der Waals surface area contributed by atoms with Crippen molar-refractivity contribution in [3.8, 4) is 11.4 Å². The Hall–Kier alpha value is -3.12. The summed E-state index contributed by atoms with van der Waals surface area (Å²) in [6.45, 7) is 7.98. The van der Waals surface area contributed by atoms with Gasteiger partial charge in [-0.05, 0) is 54.3 Å². The molecule has 0 aliphatic heterocycles. The lowest BCUT2D eigenvalue weighted by Crippen LogP contribution is -2.27. The molecule has 1 amide bonds. The Kier molecular flexibility index (Phi) is 5.99. The predicted octanol–water partition coefficient (Wildman–Crippen LogP) is 4.75. The van der Waals surface area contributed by atoms with E-state index in [4.69, 9.17) is 16.3 Å². The SMILES string of the molecule is COc1ccc(C(C)(C)C)cc1NC(=O)c1nn(-c2ccc(Cl)cc2)c(C)cc1=O. The molecule has 3 rings (SSSR count). The normalized spacial score (nSPS) is 11.3. The number of carbonyl (C=O) groups is 1. The zero-order valence-corrected chi connectivity index (χ0v) is 18.4. The van der Waals surface area contributed by atoms with Crippen LogP contribution in [0.4, 0.5) is 5.69 Å². The van der Waals surface area contributed by atoms with Crippen molar-refractivity contribution in [2.75, 3.05) is 12.4 Å². The molecular weight excluding hydrogens is 402 g/mol. The monoisotopic (exact) mass is 425 g/mol. The molecule has 0 unspecified atom stereocenters. The van der Waals surface area contributed by atoms with Gasteiger partial charge in [0.15, 0.2) is 5.69 Å². The van der Waals surface area contributed by atoms with Gasteiger partial charge in [-0.15, -0.1) is 0 Å². The van der Waals surface area contributed by atoms with Gasteiger partial charge in [0, 0.05) is 16.8 Å². The van der Waals surface area contributed by atoms with Gasteiger partial charge in [0.2, 0.25) is 5.43 Å². The summed E-state index contributed by atoms with van der Waals surface area (Å²) in [5, 5.41) is 7.66. The highest BCUT2D eigenvalue weighted by Gasteiger charge is 2.20. The van der Waals surface area contributed by atoms with E-state index in [9.17, 15) is 9.59 Å². The molecule has 1 heterocycles. The number of rotatable bonds is 4. The van der Waals surface area contributed by atoms with Crippen LogP contribution >= 0.6 is 11.6 Å². The molecule has 0 spiro atoms. The van der Waals surface area contributed by atoms with Crippen LogP contribution in [0.2, 0.25) is 5.02 Å². The second-order valence-corrected chi connectivity index (χ2v) is 8.44. The van der Waals surface area contributed by atoms with Gasteiger partial charge >= 0.3 is 0 Å². The lowest BCUT2D eigenvalue weighted by Gasteiger charge is -2.21. The van der Waals surface area contributed by atoms with Crippen LogP contribution in [0.5, 0.6) is 5.75 Å². The van der Waals surface area contributed by atoms with Gasteiger partial charge < -0.3 is 10.1 Å². The molecule has 0 bridgehead atoms. The van der Waals surface area contributed by atoms with Gasteiger partial charge in [-0.1, -0.05) is 38.4 Å². The zero-order valence-electron chi connectivity index (χ0n) is 17.6. The Morgan fingerprint density at radius 1 is 1.10 bits per heavy atom. The minimum absolute atomic E-state index is 0.116. The minimum atomic E-state index is -0.605. The second-order valence-electron chi connectivity index (χ2n) is 8.01. The number of hydrogen-bond acceptors (Lipinski definition) is 4. The van der Waals surface area contributed by atoms with E-state index in [-0.39, 0.29) is 11.1 Å². The summed E-state index contributed by atoms with van der Waals surface area (Å²) in [6, 6.07) is 14.0. The van der Waals surface area contributed by atoms with Crippen LogP contribution < -0.4 is 15.5 Å². The fourth-order valence-electron chi connectivity index (χ4n) is 3.00. The van der Waals surface area contributed by atoms with Crippen LogP contribution in [-0.4, -0.2) is 22.8 Å². The molecule has 0 radical (unpaired) electrons. The number of amides is 1. The van der Waals surface area contributed by atoms with Gasteiger partial charge in [0.25, 0.3) is 5.91 Å². The van der Waals surface area contributed by atoms with Crippen molar-refractivity contribution in [1.82, 2.24) is 9.78 Å². The average molecular weight is 426 g/mol. The lowest BCUT2D eigenvalue weighted by molar-refractivity contribution is 0.101. The van der Waals surface area contributed by atoms with Crippen LogP contribution in [0.1, 0.15) is 42.5 Å². The van der Waals surface area contributed by atoms with E-state index < -0.39 is 11.3 Å². The number of aryl methyl sites for hydroxylation is 1. The Labute approximate surface area is 180 Å². The molecule has 6 nitrogen and oxygen atoms in total. The molecule has 2 aromatic carbocycles. The van der Waals surface area contributed by atoms with E-state index in [0.29, 0.717) is 27.8 Å². The number of carbonyl (C=O) groups excluding carboxylic acids is 1. The summed E-state index contributed by atoms with van der Waals surface area (Å²) in [5.74, 6) is -0.103. The first-order valence-corrected chi connectivity index (χ1v) is 9.85. The molecule has 3 aromatic rings. The molecule has 1 N–H and O–H groups in total. The Morgan fingerprint density at radius 3 is 2.37 bits per heavy atom. The maximum Gasteiger partial charge on any atom is 0.280 e. The van der Waals surface area contributed by atoms with E-state index in [1.54, 1.807) is 37.3 Å². The van der Waals surface area contributed by atoms with Gasteiger partial charge in [0.1, 0.15) is 5.75 Å². The quantitative estimate of drug-likeness (QED) is 0.654. The highest BCUT2D eigenvalue weighted by Crippen LogP contribution is 2.31. The first-order valence-electron chi connectivity index (χ1n) is 9.47. The number of benzene rings is 2. The van der Waals surface area contributed by atoms with Crippen molar-refractivity contribution >= 4 is 23.2 Å². The summed E-state index contributed by atoms with van der Waals surface area (Å²) in [6.07, 6.45) is 0. The number of ether oxygens (including phenoxy) is 1. The zero-order chi connectivity index (χ0) is 22.1. The van der Waals surface area contributed by atoms with Crippen LogP contribution in [0, 0.1) is 6.92 Å². The minimum Gasteiger partial charge on any atom is -0.495 e. The molecule has 1 aromatic heterocycles. The van der Waals surface area contributed by atoms with Gasteiger partial charge in [-0.2, -0.15) is 5.10 Å². The van der Waals surface area contributed by atoms with E-state index in [1.165, 1.54) is 17.9 Å². The molecule has 30 heavy (non-hydrogen) atoms. The third kappa shape index (κ3) is 4.54. The Morgan fingerprint density at radius 2 is 1.77 bits per heavy atom. The maximum atomic E-state index is 12.9. The summed E-state index contributed by atoms with van der Waals surface area (Å²) in [5.41, 5.74) is 2.02. The molecule has 7 heteroatoms. The number of nitrogens with one attached hydrogen (secondary N) is 1. The summed E-state index contributed by atoms with van der Waals surface area (Å²) >= 11 is 5.95. The highest BCUT2D eigenvalue weighted by atomic mass is 35.5. The molecule has 0 saturated heterocycles. The Balaban J connectivity index is 2.01. The number of halogens is 1. The van der Waals surface area contributed by atoms with Crippen molar-refractivity contribution < 1.29 is 9.53 Å². The molecule has 0 aliphatic carbocycles. The second kappa shape index (κ2) is 8.32. The Bertz CT molecular complexity index is 1150. The van der Waals surface area contributed by atoms with E-state index >= 15 is 0 Å². The molecule has 156 valence electrons. The van der Waals surface area contributed by atoms with Gasteiger partial charge in [0.05, 0.1) is 18.5 Å². The highest BCUT2D eigenvalue weighted by molar-refractivity contribution is 6.30. The number of anilines is 1. The summed E-state index contributed by atoms with van der Waals surface area (Å²) in [4.78, 5) is 25.5. The topological polar surface area (TPSA) is 73.2 Å². The fraction of sp³-hybridized carbons (Fsp3) is 0.261. The molecule has 0 fully saturated rings. The molecular formula is C23H24ClN3O3. The predicted molar refractivity (Wildman–Crippen MR) is 119 cm³/mol. The molecule has 0 saturated carbocycles. The van der Waals surface area contributed by atoms with E-state index in [0.717, 1.165) is 5.56 Å². The first kappa shape index (κ1) is 21.6. The van der Waals surface area contributed by atoms with E-state index in [1.807, 2.05) is 12.1 Å². The standard InChI is InChI=1S/C23H24ClN3O3/c1-14-12-19(28)21(26-27(14)17-9-7-16(24)8-10-17)22(29)25-18-13-15(23(2,3)4)6-11-20(18)30-5/h6-13H,1-5H3,(H,25,29). The van der Waals surface area contributed by atoms with Gasteiger partial charge in [-0.25, -0.2) is 4.68 Å². The van der Waals surface area contributed by atoms with Gasteiger partial charge in [-0.3, -0.25) is 9.59 Å². The van der Waals surface area contributed by atoms with Crippen molar-refractivity contribution in [3.05, 3.63) is 80.7 Å². The largest absolute Gasteiger partial charge is 0.495 e. The number of nitrogens with zero attached hydrogens (tertiary/aromatic N) is 2. The third-order valence-electron chi connectivity index (χ3n) is 4.71. The van der Waals surface area contributed by atoms with Crippen molar-refractivity contribution in [3.63, 3.8) is 0 Å². The molecule has 0 aliphatic rings. The average Bonchev–Trinajstić information content (AvgIpc) is 2.68. The van der Waals surface area contributed by atoms with Crippen LogP contribution in [0.25, 0.3) is 5.69 Å². The fourth-order valence-corrected chi connectivity index (χ4v) is 3.13. The lowest BCUT2D eigenvalue weighted by atomic mass is 9.87. The maximum absolute atomic E-state index is 12.9. The summed E-state index contributed by atoms with van der Waals surface area (Å²) in [7, 11) is 1.53. The first-order chi connectivity index (χ1) is 14.1. The summed E-state index contributed by atoms with van der Waals surface area (Å²) < 4.78 is 6.91. The van der Waals surface area contributed by atoms with Crippen LogP contribution in [0.15, 0.2) is 53.3 Å². The smallest absolute Gasteiger partial charge is 0.280 e. The van der Waals surface area contributed by atoms with Crippen molar-refractivity contribution in [2.24, 2.45) is 0 Å². The molecule has 0 atom stereocenters. The third-order valence-corrected chi connectivity index (χ3v) is 4.96. The number of methoxy groups -OCH3 is 1. The van der Waals surface area contributed by atoms with Crippen LogP contribution in [-0.2, 0) is 5.41 Å². The van der Waals surface area contributed by atoms with Crippen molar-refractivity contribution in [1.29, 1.82) is 0 Å². The number of aromatic nitrogens is 2. The van der Waals surface area contributed by atoms with E-state index in [2.05, 4.69) is 31.2 Å². The van der Waals surface area contributed by atoms with Crippen molar-refractivity contribution in [2.45, 2.75) is 33.1 Å².